The molecule has 3 aromatic rings. The van der Waals surface area contributed by atoms with Gasteiger partial charge in [0.05, 0.1) is 63.9 Å². The molecule has 0 radical (unpaired) electrons. The number of nitrogens with zero attached hydrogens (tertiary/aromatic N) is 3. The fourth-order valence-electron chi connectivity index (χ4n) is 3.74. The van der Waals surface area contributed by atoms with Gasteiger partial charge in [-0.3, -0.25) is 0 Å². The quantitative estimate of drug-likeness (QED) is 0.183. The van der Waals surface area contributed by atoms with E-state index in [1.807, 2.05) is 45.0 Å². The van der Waals surface area contributed by atoms with Gasteiger partial charge in [0.15, 0.2) is 14.2 Å². The Hall–Kier alpha value is -1.91. The number of anilines is 1. The van der Waals surface area contributed by atoms with Gasteiger partial charge >= 0.3 is 0 Å². The number of benzene rings is 1. The van der Waals surface area contributed by atoms with Crippen LogP contribution in [0.2, 0.25) is 0 Å². The van der Waals surface area contributed by atoms with Crippen LogP contribution in [0.5, 0.6) is 0 Å². The third kappa shape index (κ3) is 8.31. The number of para-hydroxylation sites is 1. The maximum Gasteiger partial charge on any atom is 0.172 e. The molecule has 36 heavy (non-hydrogen) atoms. The average molecular weight is 523 g/mol. The SMILES string of the molecule is CCOCc1nc2c(N)nc3ccccc3c2n1CCOCCOCCOCCP(OCC)OCC. The summed E-state index contributed by atoms with van der Waals surface area (Å²) >= 11 is 0. The predicted molar refractivity (Wildman–Crippen MR) is 142 cm³/mol. The van der Waals surface area contributed by atoms with Crippen molar-refractivity contribution >= 4 is 36.1 Å². The lowest BCUT2D eigenvalue weighted by molar-refractivity contribution is 0.0152. The van der Waals surface area contributed by atoms with Gasteiger partial charge in [0, 0.05) is 24.7 Å². The van der Waals surface area contributed by atoms with E-state index in [0.717, 1.165) is 28.4 Å². The zero-order valence-corrected chi connectivity index (χ0v) is 22.5. The first-order valence-corrected chi connectivity index (χ1v) is 13.9. The second-order valence-electron chi connectivity index (χ2n) is 7.76. The number of rotatable bonds is 19. The molecule has 2 N–H and O–H groups in total. The zero-order chi connectivity index (χ0) is 25.6. The van der Waals surface area contributed by atoms with Crippen LogP contribution in [0.25, 0.3) is 21.9 Å². The lowest BCUT2D eigenvalue weighted by atomic mass is 10.2. The number of nitrogens with two attached hydrogens (primary N) is 1. The van der Waals surface area contributed by atoms with Crippen LogP contribution in [-0.2, 0) is 41.1 Å². The van der Waals surface area contributed by atoms with Gasteiger partial charge in [-0.25, -0.2) is 9.97 Å². The molecule has 0 atom stereocenters. The van der Waals surface area contributed by atoms with Crippen molar-refractivity contribution in [2.75, 3.05) is 71.4 Å². The highest BCUT2D eigenvalue weighted by molar-refractivity contribution is 7.47. The molecule has 0 aliphatic carbocycles. The molecule has 0 unspecified atom stereocenters. The minimum absolute atomic E-state index is 0.402. The molecule has 0 fully saturated rings. The van der Waals surface area contributed by atoms with E-state index in [4.69, 9.17) is 38.7 Å². The monoisotopic (exact) mass is 522 g/mol. The Morgan fingerprint density at radius 3 is 2.17 bits per heavy atom. The van der Waals surface area contributed by atoms with Crippen LogP contribution in [0.1, 0.15) is 26.6 Å². The Morgan fingerprint density at radius 1 is 0.806 bits per heavy atom. The van der Waals surface area contributed by atoms with Crippen molar-refractivity contribution in [2.45, 2.75) is 33.9 Å². The van der Waals surface area contributed by atoms with E-state index in [0.29, 0.717) is 83.9 Å². The zero-order valence-electron chi connectivity index (χ0n) is 21.6. The first-order chi connectivity index (χ1) is 17.7. The lowest BCUT2D eigenvalue weighted by Gasteiger charge is -2.15. The van der Waals surface area contributed by atoms with Crippen LogP contribution in [0.15, 0.2) is 24.3 Å². The number of ether oxygens (including phenoxy) is 4. The largest absolute Gasteiger partial charge is 0.382 e. The summed E-state index contributed by atoms with van der Waals surface area (Å²) in [6.07, 6.45) is 0.769. The summed E-state index contributed by atoms with van der Waals surface area (Å²) in [6.45, 7) is 12.0. The van der Waals surface area contributed by atoms with Crippen molar-refractivity contribution in [2.24, 2.45) is 0 Å². The predicted octanol–water partition coefficient (Wildman–Crippen LogP) is 4.14. The van der Waals surface area contributed by atoms with E-state index in [9.17, 15) is 0 Å². The molecule has 0 saturated heterocycles. The topological polar surface area (TPSA) is 112 Å². The van der Waals surface area contributed by atoms with Crippen LogP contribution in [0.4, 0.5) is 5.82 Å². The number of hydrogen-bond acceptors (Lipinski definition) is 9. The molecule has 2 heterocycles. The summed E-state index contributed by atoms with van der Waals surface area (Å²) in [6, 6.07) is 7.95. The van der Waals surface area contributed by atoms with Crippen LogP contribution < -0.4 is 5.73 Å². The van der Waals surface area contributed by atoms with Crippen molar-refractivity contribution in [3.05, 3.63) is 30.1 Å². The summed E-state index contributed by atoms with van der Waals surface area (Å²) < 4.78 is 36.0. The van der Waals surface area contributed by atoms with Crippen molar-refractivity contribution in [1.82, 2.24) is 14.5 Å². The van der Waals surface area contributed by atoms with E-state index < -0.39 is 8.38 Å². The van der Waals surface area contributed by atoms with E-state index in [1.165, 1.54) is 0 Å². The van der Waals surface area contributed by atoms with Crippen molar-refractivity contribution in [1.29, 1.82) is 0 Å². The standard InChI is InChI=1S/C25H39N4O6P/c1-4-30-19-22-28-23-24(20-9-7-8-10-21(20)27-25(23)26)29(22)11-12-31-13-14-32-15-16-33-17-18-36(34-5-2)35-6-3/h7-10H,4-6,11-19H2,1-3H3,(H2,26,27). The Labute approximate surface area is 214 Å². The molecule has 2 aromatic heterocycles. The minimum Gasteiger partial charge on any atom is -0.382 e. The first-order valence-electron chi connectivity index (χ1n) is 12.6. The van der Waals surface area contributed by atoms with E-state index in [2.05, 4.69) is 9.55 Å². The highest BCUT2D eigenvalue weighted by Gasteiger charge is 2.17. The van der Waals surface area contributed by atoms with E-state index >= 15 is 0 Å². The molecule has 3 rings (SSSR count). The van der Waals surface area contributed by atoms with Crippen molar-refractivity contribution < 1.29 is 28.0 Å². The lowest BCUT2D eigenvalue weighted by Crippen LogP contribution is -2.14. The van der Waals surface area contributed by atoms with E-state index in [-0.39, 0.29) is 0 Å². The molecule has 0 aliphatic heterocycles. The van der Waals surface area contributed by atoms with E-state index in [1.54, 1.807) is 0 Å². The third-order valence-corrected chi connectivity index (χ3v) is 6.93. The smallest absolute Gasteiger partial charge is 0.172 e. The Kier molecular flexibility index (Phi) is 12.8. The molecule has 200 valence electrons. The molecule has 10 nitrogen and oxygen atoms in total. The first kappa shape index (κ1) is 28.7. The third-order valence-electron chi connectivity index (χ3n) is 5.29. The van der Waals surface area contributed by atoms with Crippen molar-refractivity contribution in [3.8, 4) is 0 Å². The minimum atomic E-state index is -0.851. The highest BCUT2D eigenvalue weighted by Crippen LogP contribution is 2.37. The summed E-state index contributed by atoms with van der Waals surface area (Å²) in [4.78, 5) is 9.25. The summed E-state index contributed by atoms with van der Waals surface area (Å²) in [5, 5.41) is 1.01. The normalized spacial score (nSPS) is 11.9. The molecule has 0 aliphatic rings. The summed E-state index contributed by atoms with van der Waals surface area (Å²) in [5.74, 6) is 1.23. The van der Waals surface area contributed by atoms with Crippen LogP contribution in [-0.4, -0.2) is 80.2 Å². The van der Waals surface area contributed by atoms with Gasteiger partial charge < -0.3 is 38.3 Å². The average Bonchev–Trinajstić information content (AvgIpc) is 3.25. The molecule has 0 saturated carbocycles. The maximum absolute atomic E-state index is 6.23. The Morgan fingerprint density at radius 2 is 1.47 bits per heavy atom. The number of pyridine rings is 1. The van der Waals surface area contributed by atoms with Crippen LogP contribution in [0, 0.1) is 0 Å². The molecule has 0 bridgehead atoms. The molecular weight excluding hydrogens is 483 g/mol. The second kappa shape index (κ2) is 16.0. The van der Waals surface area contributed by atoms with Gasteiger partial charge in [-0.1, -0.05) is 18.2 Å². The Bertz CT molecular complexity index is 1040. The number of nitrogen functional groups attached to an aromatic ring is 1. The van der Waals surface area contributed by atoms with Crippen LogP contribution >= 0.6 is 8.38 Å². The van der Waals surface area contributed by atoms with Crippen LogP contribution in [0.3, 0.4) is 0 Å². The molecule has 0 spiro atoms. The Balaban J connectivity index is 1.42. The number of fused-ring (bicyclic) bond motifs is 3. The van der Waals surface area contributed by atoms with Gasteiger partial charge in [-0.15, -0.1) is 0 Å². The number of imidazole rings is 1. The fourth-order valence-corrected chi connectivity index (χ4v) is 4.93. The fraction of sp³-hybridized carbons (Fsp3) is 0.600. The second-order valence-corrected chi connectivity index (χ2v) is 9.39. The summed E-state index contributed by atoms with van der Waals surface area (Å²) in [7, 11) is -0.851. The van der Waals surface area contributed by atoms with Gasteiger partial charge in [-0.05, 0) is 26.8 Å². The molecule has 1 aromatic carbocycles. The van der Waals surface area contributed by atoms with Gasteiger partial charge in [0.2, 0.25) is 0 Å². The molecule has 11 heteroatoms. The molecule has 0 amide bonds. The molecular formula is C25H39N4O6P. The number of hydrogen-bond donors (Lipinski definition) is 1. The van der Waals surface area contributed by atoms with Gasteiger partial charge in [-0.2, -0.15) is 0 Å². The summed E-state index contributed by atoms with van der Waals surface area (Å²) in [5.41, 5.74) is 8.73. The van der Waals surface area contributed by atoms with Crippen molar-refractivity contribution in [3.63, 3.8) is 0 Å². The number of aromatic nitrogens is 3. The maximum atomic E-state index is 6.23. The highest BCUT2D eigenvalue weighted by atomic mass is 31.2. The van der Waals surface area contributed by atoms with Gasteiger partial charge in [0.25, 0.3) is 0 Å². The van der Waals surface area contributed by atoms with Gasteiger partial charge in [0.1, 0.15) is 17.9 Å².